The van der Waals surface area contributed by atoms with Crippen LogP contribution in [0.3, 0.4) is 0 Å². The van der Waals surface area contributed by atoms with Crippen molar-refractivity contribution in [1.29, 1.82) is 0 Å². The maximum atomic E-state index is 13.1. The third-order valence-corrected chi connectivity index (χ3v) is 4.55. The summed E-state index contributed by atoms with van der Waals surface area (Å²) in [5.74, 6) is 0.538. The Labute approximate surface area is 164 Å². The van der Waals surface area contributed by atoms with Crippen molar-refractivity contribution in [2.24, 2.45) is 0 Å². The lowest BCUT2D eigenvalue weighted by Gasteiger charge is -2.22. The van der Waals surface area contributed by atoms with Crippen molar-refractivity contribution >= 4 is 28.5 Å². The number of benzene rings is 2. The minimum atomic E-state index is -0.222. The van der Waals surface area contributed by atoms with Crippen molar-refractivity contribution in [2.75, 3.05) is 18.0 Å². The first-order chi connectivity index (χ1) is 13.6. The van der Waals surface area contributed by atoms with E-state index in [1.54, 1.807) is 4.90 Å². The van der Waals surface area contributed by atoms with Gasteiger partial charge in [-0.25, -0.2) is 4.98 Å². The molecule has 0 unspecified atom stereocenters. The van der Waals surface area contributed by atoms with Gasteiger partial charge in [0.25, 0.3) is 0 Å². The molecule has 1 aromatic heterocycles. The highest BCUT2D eigenvalue weighted by Crippen LogP contribution is 2.19. The minimum Gasteiger partial charge on any atom is -0.352 e. The normalized spacial score (nSPS) is 10.6. The average Bonchev–Trinajstić information content (AvgIpc) is 3.06. The number of nitrogens with zero attached hydrogens (tertiary/aromatic N) is 3. The number of likely N-dealkylation sites (N-methyl/N-ethyl adjacent to an activating group) is 1. The zero-order valence-electron chi connectivity index (χ0n) is 16.0. The molecule has 0 bridgehead atoms. The molecule has 6 heteroatoms. The van der Waals surface area contributed by atoms with E-state index in [-0.39, 0.29) is 18.4 Å². The number of rotatable bonds is 8. The standard InChI is InChI=1S/C22H24N4O2/c1-3-21(27)23-15-14-20-24-18-12-8-9-13-19(18)26(20)16-22(28)25(4-2)17-10-6-5-7-11-17/h3,5-13H,1,4,14-16H2,2H3,(H,23,27). The van der Waals surface area contributed by atoms with Gasteiger partial charge in [-0.05, 0) is 37.3 Å². The summed E-state index contributed by atoms with van der Waals surface area (Å²) in [6.07, 6.45) is 1.77. The number of imidazole rings is 1. The topological polar surface area (TPSA) is 67.2 Å². The number of anilines is 1. The molecule has 1 N–H and O–H groups in total. The van der Waals surface area contributed by atoms with Crippen LogP contribution in [0.1, 0.15) is 12.7 Å². The zero-order chi connectivity index (χ0) is 19.9. The van der Waals surface area contributed by atoms with E-state index in [2.05, 4.69) is 16.9 Å². The lowest BCUT2D eigenvalue weighted by Crippen LogP contribution is -2.34. The molecule has 28 heavy (non-hydrogen) atoms. The number of carbonyl (C=O) groups excluding carboxylic acids is 2. The Kier molecular flexibility index (Phi) is 6.22. The van der Waals surface area contributed by atoms with Crippen molar-refractivity contribution in [3.05, 3.63) is 73.1 Å². The van der Waals surface area contributed by atoms with Crippen LogP contribution in [0.2, 0.25) is 0 Å². The van der Waals surface area contributed by atoms with Gasteiger partial charge >= 0.3 is 0 Å². The highest BCUT2D eigenvalue weighted by atomic mass is 16.2. The third-order valence-electron chi connectivity index (χ3n) is 4.55. The zero-order valence-corrected chi connectivity index (χ0v) is 16.0. The summed E-state index contributed by atoms with van der Waals surface area (Å²) < 4.78 is 1.93. The van der Waals surface area contributed by atoms with Crippen LogP contribution in [0.25, 0.3) is 11.0 Å². The number of carbonyl (C=O) groups is 2. The summed E-state index contributed by atoms with van der Waals surface area (Å²) in [6.45, 7) is 6.61. The van der Waals surface area contributed by atoms with Crippen molar-refractivity contribution in [3.8, 4) is 0 Å². The molecule has 0 aliphatic rings. The number of fused-ring (bicyclic) bond motifs is 1. The monoisotopic (exact) mass is 376 g/mol. The Balaban J connectivity index is 1.86. The Bertz CT molecular complexity index is 979. The van der Waals surface area contributed by atoms with Crippen LogP contribution >= 0.6 is 0 Å². The van der Waals surface area contributed by atoms with E-state index >= 15 is 0 Å². The summed E-state index contributed by atoms with van der Waals surface area (Å²) in [5.41, 5.74) is 2.62. The Morgan fingerprint density at radius 2 is 1.86 bits per heavy atom. The van der Waals surface area contributed by atoms with Crippen LogP contribution in [0.15, 0.2) is 67.3 Å². The molecule has 0 fully saturated rings. The summed E-state index contributed by atoms with van der Waals surface area (Å²) in [4.78, 5) is 30.9. The largest absolute Gasteiger partial charge is 0.352 e. The first-order valence-corrected chi connectivity index (χ1v) is 9.34. The summed E-state index contributed by atoms with van der Waals surface area (Å²) in [5, 5.41) is 2.76. The molecule has 2 aromatic carbocycles. The van der Waals surface area contributed by atoms with E-state index in [1.807, 2.05) is 66.1 Å². The molecule has 0 saturated heterocycles. The number of hydrogen-bond acceptors (Lipinski definition) is 3. The van der Waals surface area contributed by atoms with Crippen molar-refractivity contribution < 1.29 is 9.59 Å². The third kappa shape index (κ3) is 4.28. The van der Waals surface area contributed by atoms with Gasteiger partial charge in [0, 0.05) is 25.2 Å². The fourth-order valence-corrected chi connectivity index (χ4v) is 3.19. The van der Waals surface area contributed by atoms with Crippen LogP contribution in [0.4, 0.5) is 5.69 Å². The number of para-hydroxylation sites is 3. The van der Waals surface area contributed by atoms with Gasteiger partial charge in [0.05, 0.1) is 11.0 Å². The van der Waals surface area contributed by atoms with E-state index < -0.39 is 0 Å². The number of amides is 2. The molecule has 0 spiro atoms. The van der Waals surface area contributed by atoms with Crippen LogP contribution in [0.5, 0.6) is 0 Å². The van der Waals surface area contributed by atoms with Crippen molar-refractivity contribution in [1.82, 2.24) is 14.9 Å². The van der Waals surface area contributed by atoms with Gasteiger partial charge < -0.3 is 14.8 Å². The summed E-state index contributed by atoms with van der Waals surface area (Å²) in [7, 11) is 0. The fourth-order valence-electron chi connectivity index (χ4n) is 3.19. The molecular formula is C22H24N4O2. The molecular weight excluding hydrogens is 352 g/mol. The second kappa shape index (κ2) is 8.99. The van der Waals surface area contributed by atoms with E-state index in [0.29, 0.717) is 19.5 Å². The van der Waals surface area contributed by atoms with Gasteiger partial charge in [-0.15, -0.1) is 0 Å². The Morgan fingerprint density at radius 3 is 2.57 bits per heavy atom. The van der Waals surface area contributed by atoms with Crippen molar-refractivity contribution in [3.63, 3.8) is 0 Å². The lowest BCUT2D eigenvalue weighted by molar-refractivity contribution is -0.119. The van der Waals surface area contributed by atoms with Gasteiger partial charge in [-0.2, -0.15) is 0 Å². The average molecular weight is 376 g/mol. The first-order valence-electron chi connectivity index (χ1n) is 9.34. The predicted octanol–water partition coefficient (Wildman–Crippen LogP) is 2.93. The molecule has 1 heterocycles. The maximum absolute atomic E-state index is 13.1. The molecule has 0 saturated carbocycles. The van der Waals surface area contributed by atoms with Crippen LogP contribution in [-0.4, -0.2) is 34.5 Å². The second-order valence-electron chi connectivity index (χ2n) is 6.32. The molecule has 0 aliphatic heterocycles. The highest BCUT2D eigenvalue weighted by Gasteiger charge is 2.18. The molecule has 2 amide bonds. The molecule has 144 valence electrons. The number of hydrogen-bond donors (Lipinski definition) is 1. The molecule has 0 aliphatic carbocycles. The number of nitrogens with one attached hydrogen (secondary N) is 1. The second-order valence-corrected chi connectivity index (χ2v) is 6.32. The molecule has 0 atom stereocenters. The van der Waals surface area contributed by atoms with Crippen LogP contribution in [0, 0.1) is 0 Å². The fraction of sp³-hybridized carbons (Fsp3) is 0.227. The molecule has 0 radical (unpaired) electrons. The summed E-state index contributed by atoms with van der Waals surface area (Å²) in [6, 6.07) is 17.4. The van der Waals surface area contributed by atoms with Gasteiger partial charge in [-0.1, -0.05) is 36.9 Å². The molecule has 3 aromatic rings. The summed E-state index contributed by atoms with van der Waals surface area (Å²) >= 11 is 0. The quantitative estimate of drug-likeness (QED) is 0.615. The van der Waals surface area contributed by atoms with E-state index in [1.165, 1.54) is 6.08 Å². The van der Waals surface area contributed by atoms with Crippen molar-refractivity contribution in [2.45, 2.75) is 19.9 Å². The van der Waals surface area contributed by atoms with Crippen LogP contribution in [-0.2, 0) is 22.6 Å². The van der Waals surface area contributed by atoms with E-state index in [9.17, 15) is 9.59 Å². The smallest absolute Gasteiger partial charge is 0.246 e. The number of aromatic nitrogens is 2. The predicted molar refractivity (Wildman–Crippen MR) is 111 cm³/mol. The van der Waals surface area contributed by atoms with Crippen LogP contribution < -0.4 is 10.2 Å². The Hall–Kier alpha value is -3.41. The Morgan fingerprint density at radius 1 is 1.14 bits per heavy atom. The SMILES string of the molecule is C=CC(=O)NCCc1nc2ccccc2n1CC(=O)N(CC)c1ccccc1. The minimum absolute atomic E-state index is 0.00627. The van der Waals surface area contributed by atoms with Gasteiger partial charge in [0.2, 0.25) is 11.8 Å². The van der Waals surface area contributed by atoms with E-state index in [0.717, 1.165) is 22.5 Å². The van der Waals surface area contributed by atoms with Gasteiger partial charge in [0.15, 0.2) is 0 Å². The molecule has 6 nitrogen and oxygen atoms in total. The maximum Gasteiger partial charge on any atom is 0.246 e. The van der Waals surface area contributed by atoms with Gasteiger partial charge in [0.1, 0.15) is 12.4 Å². The van der Waals surface area contributed by atoms with Gasteiger partial charge in [-0.3, -0.25) is 9.59 Å². The highest BCUT2D eigenvalue weighted by molar-refractivity contribution is 5.94. The lowest BCUT2D eigenvalue weighted by atomic mass is 10.2. The first kappa shape index (κ1) is 19.4. The van der Waals surface area contributed by atoms with E-state index in [4.69, 9.17) is 0 Å². The molecule has 3 rings (SSSR count).